The van der Waals surface area contributed by atoms with Gasteiger partial charge in [0.2, 0.25) is 0 Å². The Morgan fingerprint density at radius 1 is 1.13 bits per heavy atom. The second-order valence-corrected chi connectivity index (χ2v) is 6.48. The molecular weight excluding hydrogens is 264 g/mol. The molecular formula is C11H9ClS3. The maximum atomic E-state index is 5.85. The van der Waals surface area contributed by atoms with Crippen molar-refractivity contribution in [2.45, 2.75) is 4.21 Å². The molecule has 0 aliphatic heterocycles. The highest BCUT2D eigenvalue weighted by Gasteiger charge is 1.96. The van der Waals surface area contributed by atoms with Gasteiger partial charge in [-0.05, 0) is 40.3 Å². The summed E-state index contributed by atoms with van der Waals surface area (Å²) in [6.07, 6.45) is 6.31. The van der Waals surface area contributed by atoms with Crippen molar-refractivity contribution < 1.29 is 0 Å². The zero-order chi connectivity index (χ0) is 10.7. The number of hydrogen-bond donors (Lipinski definition) is 0. The predicted octanol–water partition coefficient (Wildman–Crippen LogP) is 5.36. The van der Waals surface area contributed by atoms with E-state index in [-0.39, 0.29) is 0 Å². The Morgan fingerprint density at radius 3 is 2.33 bits per heavy atom. The second-order valence-electron chi connectivity index (χ2n) is 2.92. The maximum Gasteiger partial charge on any atom is 0.0934 e. The summed E-state index contributed by atoms with van der Waals surface area (Å²) < 4.78 is 2.18. The highest BCUT2D eigenvalue weighted by Crippen LogP contribution is 2.26. The molecule has 2 rings (SSSR count). The van der Waals surface area contributed by atoms with Crippen LogP contribution in [0.5, 0.6) is 0 Å². The van der Waals surface area contributed by atoms with Crippen LogP contribution in [-0.2, 0) is 0 Å². The zero-order valence-electron chi connectivity index (χ0n) is 8.07. The summed E-state index contributed by atoms with van der Waals surface area (Å²) in [5.74, 6) is 0. The molecule has 78 valence electrons. The second kappa shape index (κ2) is 5.21. The fourth-order valence-corrected chi connectivity index (χ4v) is 3.37. The lowest BCUT2D eigenvalue weighted by Gasteiger charge is -1.84. The highest BCUT2D eigenvalue weighted by molar-refractivity contribution is 8.00. The molecule has 0 radical (unpaired) electrons. The summed E-state index contributed by atoms with van der Waals surface area (Å²) in [6, 6.07) is 4.17. The number of hydrogen-bond acceptors (Lipinski definition) is 3. The van der Waals surface area contributed by atoms with Gasteiger partial charge in [-0.2, -0.15) is 0 Å². The fourth-order valence-electron chi connectivity index (χ4n) is 1.13. The maximum absolute atomic E-state index is 5.85. The molecule has 0 aliphatic rings. The van der Waals surface area contributed by atoms with E-state index in [1.165, 1.54) is 15.3 Å². The van der Waals surface area contributed by atoms with E-state index in [1.807, 2.05) is 6.07 Å². The van der Waals surface area contributed by atoms with E-state index in [0.29, 0.717) is 0 Å². The summed E-state index contributed by atoms with van der Waals surface area (Å²) in [5, 5.41) is 4.22. The van der Waals surface area contributed by atoms with Crippen molar-refractivity contribution in [2.24, 2.45) is 0 Å². The van der Waals surface area contributed by atoms with Gasteiger partial charge in [-0.15, -0.1) is 34.4 Å². The molecule has 0 N–H and O–H groups in total. The molecule has 0 saturated heterocycles. The molecule has 0 nitrogen and oxygen atoms in total. The Kier molecular flexibility index (Phi) is 3.92. The summed E-state index contributed by atoms with van der Waals surface area (Å²) in [6.45, 7) is 0. The van der Waals surface area contributed by atoms with Crippen molar-refractivity contribution >= 4 is 58.2 Å². The van der Waals surface area contributed by atoms with E-state index in [0.717, 1.165) is 4.34 Å². The average molecular weight is 273 g/mol. The molecule has 15 heavy (non-hydrogen) atoms. The van der Waals surface area contributed by atoms with Crippen molar-refractivity contribution in [3.63, 3.8) is 0 Å². The van der Waals surface area contributed by atoms with Gasteiger partial charge in [0.05, 0.1) is 8.55 Å². The lowest BCUT2D eigenvalue weighted by molar-refractivity contribution is 1.71. The first kappa shape index (κ1) is 11.3. The van der Waals surface area contributed by atoms with Crippen LogP contribution in [-0.4, -0.2) is 6.26 Å². The van der Waals surface area contributed by atoms with E-state index >= 15 is 0 Å². The minimum atomic E-state index is 0.838. The number of thiophene rings is 2. The third-order valence-corrected chi connectivity index (χ3v) is 5.01. The first-order valence-corrected chi connectivity index (χ1v) is 7.69. The standard InChI is InChI=1S/C11H9ClS3/c1-13-11-5-9(7-15-11)3-2-8-4-10(12)14-6-8/h2-7H,1H3/b3-2+. The van der Waals surface area contributed by atoms with E-state index in [1.54, 1.807) is 34.4 Å². The molecule has 0 fully saturated rings. The van der Waals surface area contributed by atoms with Gasteiger partial charge in [-0.25, -0.2) is 0 Å². The third kappa shape index (κ3) is 3.11. The third-order valence-electron chi connectivity index (χ3n) is 1.85. The van der Waals surface area contributed by atoms with Crippen LogP contribution in [0.4, 0.5) is 0 Å². The van der Waals surface area contributed by atoms with Gasteiger partial charge >= 0.3 is 0 Å². The van der Waals surface area contributed by atoms with Crippen LogP contribution in [0.2, 0.25) is 4.34 Å². The van der Waals surface area contributed by atoms with Gasteiger partial charge < -0.3 is 0 Å². The van der Waals surface area contributed by atoms with Gasteiger partial charge in [-0.1, -0.05) is 23.8 Å². The number of thioether (sulfide) groups is 1. The molecule has 2 aromatic heterocycles. The molecule has 0 spiro atoms. The van der Waals surface area contributed by atoms with Crippen LogP contribution in [0.25, 0.3) is 12.2 Å². The van der Waals surface area contributed by atoms with Crippen molar-refractivity contribution in [1.29, 1.82) is 0 Å². The van der Waals surface area contributed by atoms with Crippen LogP contribution in [0.1, 0.15) is 11.1 Å². The van der Waals surface area contributed by atoms with Crippen LogP contribution < -0.4 is 0 Å². The van der Waals surface area contributed by atoms with Crippen LogP contribution in [0, 0.1) is 0 Å². The number of rotatable bonds is 3. The van der Waals surface area contributed by atoms with E-state index in [2.05, 4.69) is 35.2 Å². The summed E-state index contributed by atoms with van der Waals surface area (Å²) in [7, 11) is 0. The first-order chi connectivity index (χ1) is 7.28. The van der Waals surface area contributed by atoms with Crippen molar-refractivity contribution in [3.05, 3.63) is 38.4 Å². The van der Waals surface area contributed by atoms with E-state index in [4.69, 9.17) is 11.6 Å². The van der Waals surface area contributed by atoms with Gasteiger partial charge in [0.1, 0.15) is 0 Å². The molecule has 0 aliphatic carbocycles. The molecule has 0 unspecified atom stereocenters. The minimum Gasteiger partial charge on any atom is -0.137 e. The largest absolute Gasteiger partial charge is 0.137 e. The average Bonchev–Trinajstić information content (AvgIpc) is 2.83. The first-order valence-electron chi connectivity index (χ1n) is 4.32. The molecule has 2 aromatic rings. The Morgan fingerprint density at radius 2 is 1.80 bits per heavy atom. The van der Waals surface area contributed by atoms with Crippen LogP contribution in [0.15, 0.2) is 27.1 Å². The lowest BCUT2D eigenvalue weighted by Crippen LogP contribution is -1.62. The summed E-state index contributed by atoms with van der Waals surface area (Å²) in [5.41, 5.74) is 2.42. The van der Waals surface area contributed by atoms with E-state index in [9.17, 15) is 0 Å². The number of halogens is 1. The highest BCUT2D eigenvalue weighted by atomic mass is 35.5. The molecule has 4 heteroatoms. The quantitative estimate of drug-likeness (QED) is 0.678. The molecule has 0 atom stereocenters. The topological polar surface area (TPSA) is 0 Å². The van der Waals surface area contributed by atoms with Crippen molar-refractivity contribution in [1.82, 2.24) is 0 Å². The van der Waals surface area contributed by atoms with Crippen molar-refractivity contribution in [3.8, 4) is 0 Å². The van der Waals surface area contributed by atoms with Crippen molar-refractivity contribution in [2.75, 3.05) is 6.26 Å². The fraction of sp³-hybridized carbons (Fsp3) is 0.0909. The molecule has 0 amide bonds. The van der Waals surface area contributed by atoms with Crippen LogP contribution in [0.3, 0.4) is 0 Å². The Labute approximate surface area is 107 Å². The molecule has 0 aromatic carbocycles. The van der Waals surface area contributed by atoms with Gasteiger partial charge in [0, 0.05) is 0 Å². The van der Waals surface area contributed by atoms with Gasteiger partial charge in [0.25, 0.3) is 0 Å². The minimum absolute atomic E-state index is 0.838. The Hall–Kier alpha value is -0.220. The molecule has 0 saturated carbocycles. The molecule has 2 heterocycles. The van der Waals surface area contributed by atoms with Gasteiger partial charge in [-0.3, -0.25) is 0 Å². The summed E-state index contributed by atoms with van der Waals surface area (Å²) >= 11 is 11.0. The lowest BCUT2D eigenvalue weighted by atomic mass is 10.2. The monoisotopic (exact) mass is 272 g/mol. The Bertz CT molecular complexity index is 468. The smallest absolute Gasteiger partial charge is 0.0934 e. The van der Waals surface area contributed by atoms with Gasteiger partial charge in [0.15, 0.2) is 0 Å². The molecule has 0 bridgehead atoms. The van der Waals surface area contributed by atoms with Crippen LogP contribution >= 0.6 is 46.0 Å². The predicted molar refractivity (Wildman–Crippen MR) is 74.4 cm³/mol. The summed E-state index contributed by atoms with van der Waals surface area (Å²) in [4.78, 5) is 0. The zero-order valence-corrected chi connectivity index (χ0v) is 11.3. The Balaban J connectivity index is 2.11. The SMILES string of the molecule is CSc1cc(/C=C/c2csc(Cl)c2)cs1. The van der Waals surface area contributed by atoms with E-state index < -0.39 is 0 Å². The normalized spacial score (nSPS) is 11.3.